The topological polar surface area (TPSA) is 97.6 Å². The van der Waals surface area contributed by atoms with E-state index in [0.717, 1.165) is 16.7 Å². The normalized spacial score (nSPS) is 16.0. The highest BCUT2D eigenvalue weighted by Gasteiger charge is 2.23. The molecule has 0 aromatic heterocycles. The van der Waals surface area contributed by atoms with E-state index in [1.807, 2.05) is 36.4 Å². The van der Waals surface area contributed by atoms with Crippen LogP contribution in [0.1, 0.15) is 112 Å². The van der Waals surface area contributed by atoms with Crippen molar-refractivity contribution in [2.45, 2.75) is 118 Å². The summed E-state index contributed by atoms with van der Waals surface area (Å²) in [5, 5.41) is 33.7. The second kappa shape index (κ2) is 13.1. The molecular weight excluding hydrogens is 556 g/mol. The van der Waals surface area contributed by atoms with Gasteiger partial charge < -0.3 is 34.3 Å². The van der Waals surface area contributed by atoms with Gasteiger partial charge in [0.05, 0.1) is 39.6 Å². The number of ether oxygens (including phenoxy) is 4. The maximum absolute atomic E-state index is 11.3. The Morgan fingerprint density at radius 1 is 0.386 bits per heavy atom. The van der Waals surface area contributed by atoms with Crippen LogP contribution in [0.15, 0.2) is 36.4 Å². The van der Waals surface area contributed by atoms with Crippen LogP contribution >= 0.6 is 0 Å². The van der Waals surface area contributed by atoms with Crippen molar-refractivity contribution in [2.75, 3.05) is 6.79 Å². The van der Waals surface area contributed by atoms with E-state index in [1.54, 1.807) is 0 Å². The summed E-state index contributed by atoms with van der Waals surface area (Å²) >= 11 is 0. The van der Waals surface area contributed by atoms with Crippen LogP contribution in [0.4, 0.5) is 0 Å². The van der Waals surface area contributed by atoms with E-state index in [-0.39, 0.29) is 79.9 Å². The summed E-state index contributed by atoms with van der Waals surface area (Å²) in [5.74, 6) is 0.361. The molecule has 0 saturated heterocycles. The van der Waals surface area contributed by atoms with Crippen LogP contribution in [0.2, 0.25) is 0 Å². The van der Waals surface area contributed by atoms with E-state index in [2.05, 4.69) is 62.3 Å². The second-order valence-corrected chi connectivity index (χ2v) is 15.0. The lowest BCUT2D eigenvalue weighted by atomic mass is 9.84. The van der Waals surface area contributed by atoms with Crippen molar-refractivity contribution in [3.63, 3.8) is 0 Å². The van der Waals surface area contributed by atoms with Crippen LogP contribution in [0, 0.1) is 0 Å². The average Bonchev–Trinajstić information content (AvgIpc) is 2.91. The molecule has 3 aromatic rings. The third-order valence-corrected chi connectivity index (χ3v) is 8.11. The van der Waals surface area contributed by atoms with Crippen molar-refractivity contribution in [3.05, 3.63) is 86.5 Å². The van der Waals surface area contributed by atoms with E-state index in [9.17, 15) is 15.3 Å². The zero-order valence-corrected chi connectivity index (χ0v) is 27.9. The third-order valence-electron chi connectivity index (χ3n) is 8.11. The Hall–Kier alpha value is -3.10. The molecule has 4 rings (SSSR count). The monoisotopic (exact) mass is 606 g/mol. The summed E-state index contributed by atoms with van der Waals surface area (Å²) in [5.41, 5.74) is 6.53. The quantitative estimate of drug-likeness (QED) is 0.238. The van der Waals surface area contributed by atoms with Crippen molar-refractivity contribution in [3.8, 4) is 17.2 Å². The minimum Gasteiger partial charge on any atom is -0.507 e. The van der Waals surface area contributed by atoms with E-state index in [4.69, 9.17) is 18.9 Å². The zero-order valence-electron chi connectivity index (χ0n) is 27.9. The number of phenolic OH excluding ortho intramolecular Hbond substituents is 3. The Kier molecular flexibility index (Phi) is 10.1. The highest BCUT2D eigenvalue weighted by atomic mass is 16.7. The van der Waals surface area contributed by atoms with E-state index in [1.165, 1.54) is 0 Å². The molecule has 1 aliphatic heterocycles. The van der Waals surface area contributed by atoms with Crippen molar-refractivity contribution < 1.29 is 34.3 Å². The molecule has 0 fully saturated rings. The minimum atomic E-state index is -0.173. The van der Waals surface area contributed by atoms with Crippen LogP contribution in [0.3, 0.4) is 0 Å². The number of aromatic hydroxyl groups is 3. The Morgan fingerprint density at radius 3 is 0.795 bits per heavy atom. The summed E-state index contributed by atoms with van der Waals surface area (Å²) in [4.78, 5) is 0. The summed E-state index contributed by atoms with van der Waals surface area (Å²) in [7, 11) is 0. The summed E-state index contributed by atoms with van der Waals surface area (Å²) in [6, 6.07) is 11.8. The van der Waals surface area contributed by atoms with Gasteiger partial charge >= 0.3 is 0 Å². The second-order valence-electron chi connectivity index (χ2n) is 15.0. The van der Waals surface area contributed by atoms with Crippen molar-refractivity contribution in [1.29, 1.82) is 0 Å². The van der Waals surface area contributed by atoms with Crippen LogP contribution < -0.4 is 0 Å². The first-order chi connectivity index (χ1) is 20.4. The van der Waals surface area contributed by atoms with Crippen LogP contribution in [0.5, 0.6) is 17.2 Å². The summed E-state index contributed by atoms with van der Waals surface area (Å²) < 4.78 is 23.9. The molecule has 3 N–H and O–H groups in total. The first kappa shape index (κ1) is 33.8. The van der Waals surface area contributed by atoms with E-state index in [0.29, 0.717) is 33.4 Å². The van der Waals surface area contributed by atoms with Crippen LogP contribution in [-0.4, -0.2) is 22.1 Å². The number of hydrogen-bond acceptors (Lipinski definition) is 7. The number of hydrogen-bond donors (Lipinski definition) is 3. The first-order valence-electron chi connectivity index (χ1n) is 15.3. The molecule has 7 nitrogen and oxygen atoms in total. The molecular formula is C37H50O7. The number of benzene rings is 3. The fourth-order valence-electron chi connectivity index (χ4n) is 5.14. The molecule has 1 heterocycles. The van der Waals surface area contributed by atoms with Crippen LogP contribution in [0.25, 0.3) is 0 Å². The maximum Gasteiger partial charge on any atom is 0.147 e. The molecule has 0 spiro atoms. The molecule has 7 heteroatoms. The number of fused-ring (bicyclic) bond motifs is 6. The largest absolute Gasteiger partial charge is 0.507 e. The smallest absolute Gasteiger partial charge is 0.147 e. The number of rotatable bonds is 0. The lowest BCUT2D eigenvalue weighted by Gasteiger charge is -2.24. The van der Waals surface area contributed by atoms with Gasteiger partial charge in [-0.3, -0.25) is 0 Å². The molecule has 240 valence electrons. The highest BCUT2D eigenvalue weighted by Crippen LogP contribution is 2.36. The SMILES string of the molecule is CC(C)(C)c1cc2c(O)c(c1)COCc1cc(C(C)(C)C)cc(c1O)COCc1cc(C(C)(C)C)cc(c1O)COCOC2. The Labute approximate surface area is 262 Å². The minimum absolute atomic E-state index is 0.0138. The predicted octanol–water partition coefficient (Wildman–Crippen LogP) is 8.13. The number of phenols is 3. The van der Waals surface area contributed by atoms with Crippen molar-refractivity contribution in [1.82, 2.24) is 0 Å². The lowest BCUT2D eigenvalue weighted by molar-refractivity contribution is -0.0697. The molecule has 0 aliphatic carbocycles. The van der Waals surface area contributed by atoms with Crippen molar-refractivity contribution in [2.24, 2.45) is 0 Å². The van der Waals surface area contributed by atoms with Gasteiger partial charge in [-0.05, 0) is 69.3 Å². The van der Waals surface area contributed by atoms with Gasteiger partial charge in [0.1, 0.15) is 24.0 Å². The third kappa shape index (κ3) is 8.13. The summed E-state index contributed by atoms with van der Waals surface area (Å²) in [6.45, 7) is 20.0. The van der Waals surface area contributed by atoms with Crippen LogP contribution in [-0.2, 0) is 74.8 Å². The molecule has 0 saturated carbocycles. The molecule has 1 aliphatic rings. The fraction of sp³-hybridized carbons (Fsp3) is 0.514. The van der Waals surface area contributed by atoms with Gasteiger partial charge in [-0.15, -0.1) is 0 Å². The molecule has 0 radical (unpaired) electrons. The predicted molar refractivity (Wildman–Crippen MR) is 172 cm³/mol. The molecule has 0 atom stereocenters. The average molecular weight is 607 g/mol. The van der Waals surface area contributed by atoms with Gasteiger partial charge in [-0.1, -0.05) is 62.3 Å². The lowest BCUT2D eigenvalue weighted by Crippen LogP contribution is -2.14. The van der Waals surface area contributed by atoms with E-state index >= 15 is 0 Å². The standard InChI is InChI=1S/C37H50O7/c1-35(2,3)29-10-23-16-41-18-25-12-30(36(4,5)6)14-27(33(25)39)20-43-22-44-21-28-15-31(37(7,8)9)13-26(34(28)40)19-42-17-24(11-29)32(23)38/h10-15,38-40H,16-22H2,1-9H3. The fourth-order valence-corrected chi connectivity index (χ4v) is 5.14. The van der Waals surface area contributed by atoms with Crippen molar-refractivity contribution >= 4 is 0 Å². The Bertz CT molecular complexity index is 1370. The van der Waals surface area contributed by atoms with Gasteiger partial charge in [-0.2, -0.15) is 0 Å². The summed E-state index contributed by atoms with van der Waals surface area (Å²) in [6.07, 6.45) is 0. The molecule has 3 aromatic carbocycles. The van der Waals surface area contributed by atoms with Gasteiger partial charge in [0.2, 0.25) is 0 Å². The highest BCUT2D eigenvalue weighted by molar-refractivity contribution is 5.48. The zero-order chi connectivity index (χ0) is 32.4. The molecule has 44 heavy (non-hydrogen) atoms. The first-order valence-corrected chi connectivity index (χ1v) is 15.3. The maximum atomic E-state index is 11.3. The molecule has 0 unspecified atom stereocenters. The Balaban J connectivity index is 1.76. The van der Waals surface area contributed by atoms with E-state index < -0.39 is 0 Å². The van der Waals surface area contributed by atoms with Gasteiger partial charge in [0.15, 0.2) is 0 Å². The van der Waals surface area contributed by atoms with Gasteiger partial charge in [0.25, 0.3) is 0 Å². The molecule has 0 amide bonds. The van der Waals surface area contributed by atoms with Gasteiger partial charge in [-0.25, -0.2) is 0 Å². The Morgan fingerprint density at radius 2 is 0.591 bits per heavy atom. The molecule has 6 bridgehead atoms. The van der Waals surface area contributed by atoms with Gasteiger partial charge in [0, 0.05) is 33.4 Å².